The SMILES string of the molecule is Cc1cc(C#N)cc(C)c1OC1N=CC(N)=CN1c1ccc(C#N)cc1. The van der Waals surface area contributed by atoms with Crippen LogP contribution in [0, 0.1) is 36.5 Å². The van der Waals surface area contributed by atoms with Crippen LogP contribution in [0.15, 0.2) is 53.3 Å². The molecular formula is C20H17N5O. The number of ether oxygens (including phenoxy) is 1. The third-order valence-electron chi connectivity index (χ3n) is 3.98. The summed E-state index contributed by atoms with van der Waals surface area (Å²) in [5.41, 5.74) is 10.1. The van der Waals surface area contributed by atoms with Gasteiger partial charge in [0.1, 0.15) is 5.75 Å². The van der Waals surface area contributed by atoms with Crippen molar-refractivity contribution in [2.24, 2.45) is 10.7 Å². The highest BCUT2D eigenvalue weighted by atomic mass is 16.5. The Hall–Kier alpha value is -3.77. The minimum absolute atomic E-state index is 0.502. The summed E-state index contributed by atoms with van der Waals surface area (Å²) in [6.45, 7) is 3.79. The van der Waals surface area contributed by atoms with Gasteiger partial charge in [0.15, 0.2) is 0 Å². The molecule has 0 amide bonds. The van der Waals surface area contributed by atoms with E-state index in [9.17, 15) is 0 Å². The van der Waals surface area contributed by atoms with Gasteiger partial charge >= 0.3 is 0 Å². The van der Waals surface area contributed by atoms with E-state index < -0.39 is 6.35 Å². The van der Waals surface area contributed by atoms with E-state index in [4.69, 9.17) is 21.0 Å². The maximum atomic E-state index is 9.09. The Balaban J connectivity index is 1.94. The molecule has 0 fully saturated rings. The molecule has 2 N–H and O–H groups in total. The van der Waals surface area contributed by atoms with Crippen LogP contribution in [0.5, 0.6) is 5.75 Å². The Bertz CT molecular complexity index is 954. The smallest absolute Gasteiger partial charge is 0.274 e. The van der Waals surface area contributed by atoms with Gasteiger partial charge in [-0.15, -0.1) is 0 Å². The van der Waals surface area contributed by atoms with Crippen molar-refractivity contribution in [2.45, 2.75) is 20.2 Å². The molecular weight excluding hydrogens is 326 g/mol. The molecule has 0 aliphatic carbocycles. The van der Waals surface area contributed by atoms with Gasteiger partial charge in [0, 0.05) is 11.9 Å². The fourth-order valence-electron chi connectivity index (χ4n) is 2.78. The van der Waals surface area contributed by atoms with Crippen LogP contribution in [0.4, 0.5) is 5.69 Å². The minimum atomic E-state index is -0.638. The molecule has 0 bridgehead atoms. The van der Waals surface area contributed by atoms with E-state index in [1.165, 1.54) is 0 Å². The van der Waals surface area contributed by atoms with Gasteiger partial charge in [0.2, 0.25) is 0 Å². The van der Waals surface area contributed by atoms with Gasteiger partial charge in [0.25, 0.3) is 6.35 Å². The average molecular weight is 343 g/mol. The summed E-state index contributed by atoms with van der Waals surface area (Å²) < 4.78 is 6.14. The monoisotopic (exact) mass is 343 g/mol. The number of hydrogen-bond donors (Lipinski definition) is 1. The van der Waals surface area contributed by atoms with Gasteiger partial charge in [-0.3, -0.25) is 4.90 Å². The maximum Gasteiger partial charge on any atom is 0.274 e. The highest BCUT2D eigenvalue weighted by Gasteiger charge is 2.23. The number of aryl methyl sites for hydroxylation is 2. The van der Waals surface area contributed by atoms with Crippen LogP contribution < -0.4 is 15.4 Å². The lowest BCUT2D eigenvalue weighted by Crippen LogP contribution is -2.38. The summed E-state index contributed by atoms with van der Waals surface area (Å²) in [6.07, 6.45) is 2.66. The van der Waals surface area contributed by atoms with Crippen molar-refractivity contribution in [3.8, 4) is 17.9 Å². The molecule has 6 heteroatoms. The fraction of sp³-hybridized carbons (Fsp3) is 0.150. The number of nitrogens with two attached hydrogens (primary N) is 1. The minimum Gasteiger partial charge on any atom is -0.450 e. The maximum absolute atomic E-state index is 9.09. The second-order valence-corrected chi connectivity index (χ2v) is 5.97. The van der Waals surface area contributed by atoms with Gasteiger partial charge in [-0.25, -0.2) is 4.99 Å². The van der Waals surface area contributed by atoms with Crippen LogP contribution in [-0.2, 0) is 0 Å². The Morgan fingerprint density at radius 2 is 1.65 bits per heavy atom. The molecule has 0 radical (unpaired) electrons. The second kappa shape index (κ2) is 7.00. The Morgan fingerprint density at radius 3 is 2.23 bits per heavy atom. The van der Waals surface area contributed by atoms with Crippen molar-refractivity contribution >= 4 is 11.9 Å². The first kappa shape index (κ1) is 17.1. The molecule has 0 spiro atoms. The molecule has 6 nitrogen and oxygen atoms in total. The van der Waals surface area contributed by atoms with Gasteiger partial charge in [-0.2, -0.15) is 10.5 Å². The first-order valence-corrected chi connectivity index (χ1v) is 7.99. The van der Waals surface area contributed by atoms with Crippen LogP contribution in [0.3, 0.4) is 0 Å². The average Bonchev–Trinajstić information content (AvgIpc) is 2.65. The molecule has 26 heavy (non-hydrogen) atoms. The quantitative estimate of drug-likeness (QED) is 0.923. The predicted molar refractivity (Wildman–Crippen MR) is 99.4 cm³/mol. The van der Waals surface area contributed by atoms with Crippen molar-refractivity contribution in [1.29, 1.82) is 10.5 Å². The Labute approximate surface area is 152 Å². The third-order valence-corrected chi connectivity index (χ3v) is 3.98. The van der Waals surface area contributed by atoms with Crippen molar-refractivity contribution in [2.75, 3.05) is 4.90 Å². The van der Waals surface area contributed by atoms with Crippen molar-refractivity contribution in [3.63, 3.8) is 0 Å². The van der Waals surface area contributed by atoms with Crippen LogP contribution in [0.2, 0.25) is 0 Å². The lowest BCUT2D eigenvalue weighted by molar-refractivity contribution is 0.212. The lowest BCUT2D eigenvalue weighted by Gasteiger charge is -2.31. The van der Waals surface area contributed by atoms with Crippen molar-refractivity contribution < 1.29 is 4.74 Å². The van der Waals surface area contributed by atoms with E-state index in [1.54, 1.807) is 41.6 Å². The highest BCUT2D eigenvalue weighted by Crippen LogP contribution is 2.29. The standard InChI is InChI=1S/C20H17N5O/c1-13-7-16(10-22)8-14(2)19(13)26-20-24-11-17(23)12-25(20)18-5-3-15(9-21)4-6-18/h3-8,11-12,20H,23H2,1-2H3. The van der Waals surface area contributed by atoms with Crippen LogP contribution in [0.25, 0.3) is 0 Å². The molecule has 3 rings (SSSR count). The number of allylic oxidation sites excluding steroid dienone is 1. The number of nitriles is 2. The number of rotatable bonds is 3. The van der Waals surface area contributed by atoms with E-state index >= 15 is 0 Å². The van der Waals surface area contributed by atoms with E-state index in [1.807, 2.05) is 26.0 Å². The summed E-state index contributed by atoms with van der Waals surface area (Å²) >= 11 is 0. The largest absolute Gasteiger partial charge is 0.450 e. The van der Waals surface area contributed by atoms with Gasteiger partial charge in [-0.05, 0) is 61.4 Å². The summed E-state index contributed by atoms with van der Waals surface area (Å²) in [7, 11) is 0. The van der Waals surface area contributed by atoms with Crippen LogP contribution in [0.1, 0.15) is 22.3 Å². The van der Waals surface area contributed by atoms with E-state index in [-0.39, 0.29) is 0 Å². The normalized spacial score (nSPS) is 15.8. The summed E-state index contributed by atoms with van der Waals surface area (Å²) in [5, 5.41) is 18.1. The summed E-state index contributed by atoms with van der Waals surface area (Å²) in [4.78, 5) is 6.19. The van der Waals surface area contributed by atoms with Gasteiger partial charge in [0.05, 0.1) is 35.2 Å². The zero-order chi connectivity index (χ0) is 18.7. The van der Waals surface area contributed by atoms with Gasteiger partial charge in [-0.1, -0.05) is 0 Å². The number of hydrogen-bond acceptors (Lipinski definition) is 6. The lowest BCUT2D eigenvalue weighted by atomic mass is 10.1. The predicted octanol–water partition coefficient (Wildman–Crippen LogP) is 3.10. The van der Waals surface area contributed by atoms with Crippen molar-refractivity contribution in [3.05, 3.63) is 70.5 Å². The number of benzene rings is 2. The van der Waals surface area contributed by atoms with E-state index in [0.717, 1.165) is 16.8 Å². The van der Waals surface area contributed by atoms with Crippen LogP contribution in [-0.4, -0.2) is 12.6 Å². The second-order valence-electron chi connectivity index (χ2n) is 5.97. The van der Waals surface area contributed by atoms with E-state index in [0.29, 0.717) is 22.6 Å². The first-order valence-electron chi connectivity index (χ1n) is 7.99. The third kappa shape index (κ3) is 3.35. The molecule has 1 atom stereocenters. The zero-order valence-corrected chi connectivity index (χ0v) is 14.5. The Morgan fingerprint density at radius 1 is 1.04 bits per heavy atom. The molecule has 1 heterocycles. The zero-order valence-electron chi connectivity index (χ0n) is 14.5. The molecule has 2 aromatic carbocycles. The molecule has 1 aliphatic rings. The molecule has 0 saturated heterocycles. The molecule has 1 unspecified atom stereocenters. The topological polar surface area (TPSA) is 98.4 Å². The van der Waals surface area contributed by atoms with Crippen molar-refractivity contribution in [1.82, 2.24) is 0 Å². The van der Waals surface area contributed by atoms with Crippen LogP contribution >= 0.6 is 0 Å². The molecule has 1 aliphatic heterocycles. The van der Waals surface area contributed by atoms with E-state index in [2.05, 4.69) is 17.1 Å². The number of aliphatic imine (C=N–C) groups is 1. The first-order chi connectivity index (χ1) is 12.5. The molecule has 0 saturated carbocycles. The summed E-state index contributed by atoms with van der Waals surface area (Å²) in [6, 6.07) is 14.9. The molecule has 128 valence electrons. The molecule has 0 aromatic heterocycles. The number of anilines is 1. The summed E-state index contributed by atoms with van der Waals surface area (Å²) in [5.74, 6) is 0.679. The fourth-order valence-corrected chi connectivity index (χ4v) is 2.78. The Kier molecular flexibility index (Phi) is 4.59. The number of nitrogens with zero attached hydrogens (tertiary/aromatic N) is 4. The molecule has 2 aromatic rings. The highest BCUT2D eigenvalue weighted by molar-refractivity contribution is 5.80. The van der Waals surface area contributed by atoms with Gasteiger partial charge < -0.3 is 10.5 Å².